The highest BCUT2D eigenvalue weighted by atomic mass is 15.2. The van der Waals surface area contributed by atoms with Gasteiger partial charge in [-0.05, 0) is 197 Å². The van der Waals surface area contributed by atoms with Crippen molar-refractivity contribution in [3.63, 3.8) is 0 Å². The first-order valence-corrected chi connectivity index (χ1v) is 35.0. The molecule has 0 atom stereocenters. The fourth-order valence-corrected chi connectivity index (χ4v) is 19.0. The molecular weight excluding hydrogens is 1230 g/mol. The summed E-state index contributed by atoms with van der Waals surface area (Å²) in [6.07, 6.45) is 0. The first-order chi connectivity index (χ1) is 54.0. The molecule has 0 saturated heterocycles. The number of aromatic nitrogens is 1. The Morgan fingerprint density at radius 2 is 0.696 bits per heavy atom. The molecule has 5 heterocycles. The quantitative estimate of drug-likeness (QED) is 0.154. The number of anilines is 12. The van der Waals surface area contributed by atoms with E-state index >= 15 is 0 Å². The highest BCUT2D eigenvalue weighted by Crippen LogP contribution is 2.65. The van der Waals surface area contributed by atoms with Gasteiger partial charge in [0.05, 0.1) is 38.8 Å². The van der Waals surface area contributed by atoms with Gasteiger partial charge in [0.15, 0.2) is 0 Å². The van der Waals surface area contributed by atoms with Gasteiger partial charge in [-0.3, -0.25) is 0 Å². The van der Waals surface area contributed by atoms with Gasteiger partial charge < -0.3 is 24.2 Å². The van der Waals surface area contributed by atoms with Crippen molar-refractivity contribution in [2.75, 3.05) is 19.6 Å². The second-order valence-corrected chi connectivity index (χ2v) is 27.5. The van der Waals surface area contributed by atoms with E-state index in [-0.39, 0.29) is 40.6 Å². The molecule has 23 rings (SSSR count). The number of benzene rings is 16. The van der Waals surface area contributed by atoms with Crippen LogP contribution in [-0.4, -0.2) is 18.0 Å². The minimum absolute atomic E-state index is 0.0124. The first-order valence-electron chi connectivity index (χ1n) is 39.0. The second-order valence-electron chi connectivity index (χ2n) is 27.5. The first kappa shape index (κ1) is 48.6. The van der Waals surface area contributed by atoms with Crippen molar-refractivity contribution in [2.24, 2.45) is 0 Å². The molecule has 470 valence electrons. The van der Waals surface area contributed by atoms with Crippen LogP contribution in [0.3, 0.4) is 0 Å². The summed E-state index contributed by atoms with van der Waals surface area (Å²) < 4.78 is 76.9. The van der Waals surface area contributed by atoms with Crippen LogP contribution in [0.15, 0.2) is 358 Å². The maximum Gasteiger partial charge on any atom is 0.252 e. The predicted octanol–water partition coefficient (Wildman–Crippen LogP) is 20.1. The van der Waals surface area contributed by atoms with E-state index < -0.39 is 48.4 Å². The van der Waals surface area contributed by atoms with Gasteiger partial charge in [-0.25, -0.2) is 0 Å². The maximum atomic E-state index is 9.81. The third-order valence-corrected chi connectivity index (χ3v) is 22.7. The van der Waals surface area contributed by atoms with Crippen molar-refractivity contribution in [2.45, 2.75) is 5.41 Å². The monoisotopic (exact) mass is 1300 g/mol. The lowest BCUT2D eigenvalue weighted by atomic mass is 9.30. The van der Waals surface area contributed by atoms with Gasteiger partial charge in [-0.15, -0.1) is 0 Å². The lowest BCUT2D eigenvalue weighted by Gasteiger charge is -2.47. The molecule has 6 aliphatic rings. The van der Waals surface area contributed by atoms with Crippen LogP contribution in [0.1, 0.15) is 33.2 Å². The van der Waals surface area contributed by atoms with Gasteiger partial charge in [0, 0.05) is 78.7 Å². The number of hydrogen-bond donors (Lipinski definition) is 0. The van der Waals surface area contributed by atoms with Crippen LogP contribution in [0.25, 0.3) is 71.6 Å². The number of hydrogen-bond acceptors (Lipinski definition) is 4. The smallest absolute Gasteiger partial charge is 0.252 e. The van der Waals surface area contributed by atoms with E-state index in [4.69, 9.17) is 2.74 Å². The fraction of sp³-hybridized carbons (Fsp3) is 0.0105. The molecule has 1 spiro atoms. The average molecular weight is 1300 g/mol. The lowest BCUT2D eigenvalue weighted by molar-refractivity contribution is 0.796. The van der Waals surface area contributed by atoms with E-state index in [0.717, 1.165) is 106 Å². The molecule has 2 aliphatic carbocycles. The highest BCUT2D eigenvalue weighted by molar-refractivity contribution is 7.03. The summed E-state index contributed by atoms with van der Waals surface area (Å²) in [5.41, 5.74) is 30.4. The van der Waals surface area contributed by atoms with Crippen LogP contribution >= 0.6 is 0 Å². The van der Waals surface area contributed by atoms with Crippen LogP contribution in [0.5, 0.6) is 0 Å². The summed E-state index contributed by atoms with van der Waals surface area (Å²) in [7, 11) is 0. The molecule has 0 unspecified atom stereocenters. The molecule has 1 aromatic heterocycles. The van der Waals surface area contributed by atoms with E-state index in [9.17, 15) is 8.22 Å². The Morgan fingerprint density at radius 1 is 0.275 bits per heavy atom. The van der Waals surface area contributed by atoms with Crippen LogP contribution in [0.2, 0.25) is 0 Å². The Hall–Kier alpha value is -13.1. The molecule has 0 saturated carbocycles. The topological polar surface area (TPSA) is 17.9 Å². The van der Waals surface area contributed by atoms with Crippen molar-refractivity contribution in [1.82, 2.24) is 4.57 Å². The fourth-order valence-electron chi connectivity index (χ4n) is 19.0. The number of nitrogens with zero attached hydrogens (tertiary/aromatic N) is 5. The van der Waals surface area contributed by atoms with Crippen molar-refractivity contribution in [3.8, 4) is 39.1 Å². The Balaban J connectivity index is 0.826. The molecule has 0 fully saturated rings. The van der Waals surface area contributed by atoms with E-state index in [2.05, 4.69) is 305 Å². The normalized spacial score (nSPS) is 15.1. The van der Waals surface area contributed by atoms with Gasteiger partial charge in [-0.1, -0.05) is 255 Å². The van der Waals surface area contributed by atoms with Gasteiger partial charge in [0.2, 0.25) is 0 Å². The summed E-state index contributed by atoms with van der Waals surface area (Å²) in [6, 6.07) is 109. The number of para-hydroxylation sites is 8. The summed E-state index contributed by atoms with van der Waals surface area (Å²) in [4.78, 5) is 9.63. The van der Waals surface area contributed by atoms with Gasteiger partial charge in [-0.2, -0.15) is 0 Å². The summed E-state index contributed by atoms with van der Waals surface area (Å²) in [6.45, 7) is -0.724. The lowest BCUT2D eigenvalue weighted by Crippen LogP contribution is -2.65. The maximum absolute atomic E-state index is 9.81. The van der Waals surface area contributed by atoms with Crippen molar-refractivity contribution in [1.29, 1.82) is 0 Å². The molecular formula is C95H59B2N5. The van der Waals surface area contributed by atoms with Crippen molar-refractivity contribution >= 4 is 147 Å². The molecule has 0 bridgehead atoms. The SMILES string of the molecule is [2H]c1c([2H])c([2H])c2c(c1[2H])c1c([2H])c([2H])c([2H])c([2H])c1n2-c1cc2c3c(c1)N(c1ccccc1)c1cc4c(cc1B3c1ccccc1N2c1ccccc1)B1c2ccccc2N(c2ccccc2)c2c1c(cc1cc(-c3cccc5c3C3(c6ccccc6-c6ccccc63)c3ccccc3-5)ccc21)N4c1ccccc1. The van der Waals surface area contributed by atoms with Crippen LogP contribution < -0.4 is 52.4 Å². The Kier molecular flexibility index (Phi) is 9.99. The van der Waals surface area contributed by atoms with E-state index in [0.29, 0.717) is 5.69 Å². The Bertz CT molecular complexity index is 6820. The Labute approximate surface area is 603 Å². The zero-order valence-corrected chi connectivity index (χ0v) is 54.8. The van der Waals surface area contributed by atoms with E-state index in [1.54, 1.807) is 4.57 Å². The third-order valence-electron chi connectivity index (χ3n) is 22.7. The molecule has 0 N–H and O–H groups in total. The van der Waals surface area contributed by atoms with Crippen molar-refractivity contribution < 1.29 is 11.0 Å². The van der Waals surface area contributed by atoms with Gasteiger partial charge >= 0.3 is 0 Å². The predicted molar refractivity (Wildman–Crippen MR) is 428 cm³/mol. The molecule has 0 amide bonds. The molecule has 7 heteroatoms. The van der Waals surface area contributed by atoms with Crippen LogP contribution in [0, 0.1) is 0 Å². The zero-order chi connectivity index (χ0) is 73.4. The molecule has 102 heavy (non-hydrogen) atoms. The average Bonchev–Trinajstić information content (AvgIpc) is 1.63. The molecule has 5 nitrogen and oxygen atoms in total. The zero-order valence-electron chi connectivity index (χ0n) is 62.8. The third kappa shape index (κ3) is 7.38. The molecule has 4 aliphatic heterocycles. The minimum Gasteiger partial charge on any atom is -0.311 e. The van der Waals surface area contributed by atoms with E-state index in [1.165, 1.54) is 61.0 Å². The van der Waals surface area contributed by atoms with Crippen LogP contribution in [0.4, 0.5) is 68.2 Å². The molecule has 17 aromatic rings. The van der Waals surface area contributed by atoms with E-state index in [1.807, 2.05) is 24.3 Å². The number of fused-ring (bicyclic) bond motifs is 23. The minimum atomic E-state index is -0.586. The standard InChI is InChI=1S/C95H59B2N5/c1-5-28-62(29-6-1)98-84-50-25-21-46-78(84)96-80-58-81-87(59-86(80)100(64-32-9-3-10-33-64)90-57-66(56-89(98)92(90)96)101-82-48-23-16-39-72(82)73-40-17-24-49-83(73)101)99(63-30-7-2-8-31-63)88-55-61-54-60(52-53-68(61)94-93(88)97(81)79-47-22-26-51-85(79)102(94)65-34-11-4-12-35-65)67-41-27-42-74-71-38-15-20-45-77(71)95(91(67)74)75-43-18-13-36-69(75)70-37-14-19-44-76(70)95/h1-59H/i16D,17D,23D,24D,39D,40D,48D,49D. The van der Waals surface area contributed by atoms with Gasteiger partial charge in [0.1, 0.15) is 0 Å². The highest BCUT2D eigenvalue weighted by Gasteiger charge is 2.54. The summed E-state index contributed by atoms with van der Waals surface area (Å²) in [5.74, 6) is 0. The van der Waals surface area contributed by atoms with Crippen LogP contribution in [-0.2, 0) is 5.41 Å². The summed E-state index contributed by atoms with van der Waals surface area (Å²) >= 11 is 0. The molecule has 16 aromatic carbocycles. The summed E-state index contributed by atoms with van der Waals surface area (Å²) in [5, 5.41) is 2.22. The van der Waals surface area contributed by atoms with Crippen molar-refractivity contribution in [3.05, 3.63) is 380 Å². The van der Waals surface area contributed by atoms with Gasteiger partial charge in [0.25, 0.3) is 13.4 Å². The Morgan fingerprint density at radius 3 is 1.25 bits per heavy atom. The largest absolute Gasteiger partial charge is 0.311 e. The number of rotatable bonds is 6. The second kappa shape index (κ2) is 21.0. The molecule has 0 radical (unpaired) electrons.